The van der Waals surface area contributed by atoms with E-state index >= 15 is 0 Å². The molecule has 0 bridgehead atoms. The molecule has 1 aromatic heterocycles. The highest BCUT2D eigenvalue weighted by molar-refractivity contribution is 7.20. The van der Waals surface area contributed by atoms with Crippen LogP contribution in [0.15, 0.2) is 6.07 Å². The van der Waals surface area contributed by atoms with Gasteiger partial charge in [0, 0.05) is 0 Å². The van der Waals surface area contributed by atoms with E-state index in [0.29, 0.717) is 0 Å². The van der Waals surface area contributed by atoms with Crippen molar-refractivity contribution in [2.24, 2.45) is 0 Å². The largest absolute Gasteiger partial charge is 0.317 e. The zero-order valence-corrected chi connectivity index (χ0v) is 11.3. The molecule has 0 aliphatic heterocycles. The van der Waals surface area contributed by atoms with Crippen LogP contribution >= 0.6 is 34.5 Å². The van der Waals surface area contributed by atoms with Gasteiger partial charge in [-0.2, -0.15) is 0 Å². The second kappa shape index (κ2) is 7.50. The van der Waals surface area contributed by atoms with Crippen molar-refractivity contribution in [2.45, 2.75) is 32.6 Å². The Morgan fingerprint density at radius 2 is 2.07 bits per heavy atom. The van der Waals surface area contributed by atoms with Gasteiger partial charge in [-0.25, -0.2) is 0 Å². The number of rotatable bonds is 7. The van der Waals surface area contributed by atoms with Gasteiger partial charge in [-0.05, 0) is 44.0 Å². The minimum Gasteiger partial charge on any atom is -0.317 e. The van der Waals surface area contributed by atoms with Crippen molar-refractivity contribution in [3.63, 3.8) is 0 Å². The minimum absolute atomic E-state index is 0.794. The normalized spacial score (nSPS) is 10.9. The van der Waals surface area contributed by atoms with Gasteiger partial charge in [0.05, 0.1) is 8.67 Å². The van der Waals surface area contributed by atoms with E-state index in [9.17, 15) is 0 Å². The molecule has 15 heavy (non-hydrogen) atoms. The molecule has 0 atom stereocenters. The fraction of sp³-hybridized carbons (Fsp3) is 0.636. The molecule has 1 rings (SSSR count). The van der Waals surface area contributed by atoms with E-state index in [4.69, 9.17) is 23.2 Å². The molecule has 0 amide bonds. The molecule has 4 heteroatoms. The summed E-state index contributed by atoms with van der Waals surface area (Å²) >= 11 is 13.4. The van der Waals surface area contributed by atoms with Crippen molar-refractivity contribution in [1.29, 1.82) is 0 Å². The third-order valence-corrected chi connectivity index (χ3v) is 3.85. The third kappa shape index (κ3) is 5.21. The van der Waals surface area contributed by atoms with Gasteiger partial charge in [0.25, 0.3) is 0 Å². The van der Waals surface area contributed by atoms with Crippen LogP contribution in [-0.2, 0) is 6.42 Å². The number of unbranched alkanes of at least 4 members (excludes halogenated alkanes) is 2. The fourth-order valence-electron chi connectivity index (χ4n) is 1.46. The first kappa shape index (κ1) is 13.3. The molecule has 0 aliphatic rings. The molecule has 0 aliphatic carbocycles. The highest BCUT2D eigenvalue weighted by Gasteiger charge is 2.04. The summed E-state index contributed by atoms with van der Waals surface area (Å²) in [5.41, 5.74) is 1.20. The van der Waals surface area contributed by atoms with Crippen molar-refractivity contribution in [1.82, 2.24) is 5.32 Å². The predicted octanol–water partition coefficient (Wildman–Crippen LogP) is 4.38. The number of hydrogen-bond donors (Lipinski definition) is 1. The number of hydrogen-bond acceptors (Lipinski definition) is 2. The molecule has 1 aromatic rings. The van der Waals surface area contributed by atoms with Gasteiger partial charge >= 0.3 is 0 Å². The van der Waals surface area contributed by atoms with E-state index in [0.717, 1.165) is 28.2 Å². The van der Waals surface area contributed by atoms with Gasteiger partial charge in [0.15, 0.2) is 0 Å². The molecule has 0 saturated carbocycles. The first-order valence-electron chi connectivity index (χ1n) is 5.38. The summed E-state index contributed by atoms with van der Waals surface area (Å²) in [5, 5.41) is 3.32. The lowest BCUT2D eigenvalue weighted by atomic mass is 10.1. The maximum absolute atomic E-state index is 6.03. The lowest BCUT2D eigenvalue weighted by Crippen LogP contribution is -2.13. The molecule has 1 N–H and O–H groups in total. The van der Waals surface area contributed by atoms with Gasteiger partial charge in [-0.3, -0.25) is 0 Å². The maximum Gasteiger partial charge on any atom is 0.0976 e. The molecule has 0 spiro atoms. The average Bonchev–Trinajstić information content (AvgIpc) is 2.51. The highest BCUT2D eigenvalue weighted by Crippen LogP contribution is 2.32. The number of thiophene rings is 1. The summed E-state index contributed by atoms with van der Waals surface area (Å²) in [6.07, 6.45) is 4.73. The summed E-state index contributed by atoms with van der Waals surface area (Å²) in [6.45, 7) is 4.31. The monoisotopic (exact) mass is 265 g/mol. The Balaban J connectivity index is 2.12. The Morgan fingerprint density at radius 3 is 2.67 bits per heavy atom. The van der Waals surface area contributed by atoms with Gasteiger partial charge in [-0.15, -0.1) is 11.3 Å². The van der Waals surface area contributed by atoms with Crippen LogP contribution in [0.5, 0.6) is 0 Å². The molecule has 86 valence electrons. The highest BCUT2D eigenvalue weighted by atomic mass is 35.5. The quantitative estimate of drug-likeness (QED) is 0.722. The Hall–Kier alpha value is 0.240. The predicted molar refractivity (Wildman–Crippen MR) is 70.4 cm³/mol. The molecule has 0 unspecified atom stereocenters. The molecular weight excluding hydrogens is 249 g/mol. The standard InChI is InChI=1S/C11H17Cl2NS/c1-2-14-7-5-3-4-6-9-8-10(12)15-11(9)13/h8,14H,2-7H2,1H3. The average molecular weight is 266 g/mol. The summed E-state index contributed by atoms with van der Waals surface area (Å²) in [4.78, 5) is 0. The molecule has 0 aromatic carbocycles. The Morgan fingerprint density at radius 1 is 1.27 bits per heavy atom. The van der Waals surface area contributed by atoms with Gasteiger partial charge in [0.2, 0.25) is 0 Å². The molecule has 0 radical (unpaired) electrons. The van der Waals surface area contributed by atoms with Crippen molar-refractivity contribution in [3.05, 3.63) is 20.3 Å². The molecular formula is C11H17Cl2NS. The lowest BCUT2D eigenvalue weighted by Gasteiger charge is -2.01. The molecule has 0 saturated heterocycles. The number of aryl methyl sites for hydroxylation is 1. The van der Waals surface area contributed by atoms with Crippen LogP contribution in [0.2, 0.25) is 8.67 Å². The van der Waals surface area contributed by atoms with Crippen molar-refractivity contribution in [2.75, 3.05) is 13.1 Å². The second-order valence-corrected chi connectivity index (χ2v) is 5.80. The number of halogens is 2. The van der Waals surface area contributed by atoms with Gasteiger partial charge in [0.1, 0.15) is 0 Å². The van der Waals surface area contributed by atoms with Crippen LogP contribution in [0.3, 0.4) is 0 Å². The smallest absolute Gasteiger partial charge is 0.0976 e. The third-order valence-electron chi connectivity index (χ3n) is 2.28. The van der Waals surface area contributed by atoms with Crippen LogP contribution in [0, 0.1) is 0 Å². The first-order valence-corrected chi connectivity index (χ1v) is 6.95. The van der Waals surface area contributed by atoms with E-state index in [1.165, 1.54) is 36.2 Å². The zero-order chi connectivity index (χ0) is 11.1. The molecule has 1 nitrogen and oxygen atoms in total. The van der Waals surface area contributed by atoms with Crippen LogP contribution in [0.25, 0.3) is 0 Å². The van der Waals surface area contributed by atoms with Crippen molar-refractivity contribution >= 4 is 34.5 Å². The van der Waals surface area contributed by atoms with E-state index < -0.39 is 0 Å². The van der Waals surface area contributed by atoms with E-state index in [1.54, 1.807) is 0 Å². The van der Waals surface area contributed by atoms with E-state index in [1.807, 2.05) is 6.07 Å². The first-order chi connectivity index (χ1) is 7.24. The Labute approximate surface area is 106 Å². The van der Waals surface area contributed by atoms with Crippen LogP contribution < -0.4 is 5.32 Å². The van der Waals surface area contributed by atoms with Gasteiger partial charge < -0.3 is 5.32 Å². The van der Waals surface area contributed by atoms with Gasteiger partial charge in [-0.1, -0.05) is 36.5 Å². The van der Waals surface area contributed by atoms with Crippen LogP contribution in [0.1, 0.15) is 31.7 Å². The van der Waals surface area contributed by atoms with Crippen LogP contribution in [-0.4, -0.2) is 13.1 Å². The SMILES string of the molecule is CCNCCCCCc1cc(Cl)sc1Cl. The molecule has 0 fully saturated rings. The van der Waals surface area contributed by atoms with E-state index in [2.05, 4.69) is 12.2 Å². The fourth-order valence-corrected chi connectivity index (χ4v) is 3.01. The lowest BCUT2D eigenvalue weighted by molar-refractivity contribution is 0.617. The zero-order valence-electron chi connectivity index (χ0n) is 8.98. The second-order valence-electron chi connectivity index (χ2n) is 3.51. The maximum atomic E-state index is 6.03. The summed E-state index contributed by atoms with van der Waals surface area (Å²) in [6, 6.07) is 1.98. The summed E-state index contributed by atoms with van der Waals surface area (Å²) in [7, 11) is 0. The minimum atomic E-state index is 0.794. The Kier molecular flexibility index (Phi) is 6.66. The van der Waals surface area contributed by atoms with E-state index in [-0.39, 0.29) is 0 Å². The molecule has 1 heterocycles. The summed E-state index contributed by atoms with van der Waals surface area (Å²) in [5.74, 6) is 0. The number of nitrogens with one attached hydrogen (secondary N) is 1. The van der Waals surface area contributed by atoms with Crippen molar-refractivity contribution < 1.29 is 0 Å². The van der Waals surface area contributed by atoms with Crippen LogP contribution in [0.4, 0.5) is 0 Å². The summed E-state index contributed by atoms with van der Waals surface area (Å²) < 4.78 is 1.65. The van der Waals surface area contributed by atoms with Crippen molar-refractivity contribution in [3.8, 4) is 0 Å². The topological polar surface area (TPSA) is 12.0 Å². The Bertz CT molecular complexity index is 286.